The second-order valence-corrected chi connectivity index (χ2v) is 4.36. The van der Waals surface area contributed by atoms with Gasteiger partial charge in [-0.15, -0.1) is 0 Å². The number of rotatable bonds is 9. The Balaban J connectivity index is 4.03. The van der Waals surface area contributed by atoms with E-state index in [4.69, 9.17) is 13.8 Å². The van der Waals surface area contributed by atoms with Crippen LogP contribution in [0.25, 0.3) is 0 Å². The van der Waals surface area contributed by atoms with E-state index in [-0.39, 0.29) is 13.2 Å². The van der Waals surface area contributed by atoms with Crippen LogP contribution in [0.4, 0.5) is 0 Å². The van der Waals surface area contributed by atoms with Crippen LogP contribution in [0.3, 0.4) is 0 Å². The molecule has 0 atom stereocenters. The summed E-state index contributed by atoms with van der Waals surface area (Å²) in [5.41, 5.74) is 0. The fourth-order valence-corrected chi connectivity index (χ4v) is 2.15. The Morgan fingerprint density at radius 3 is 2.20 bits per heavy atom. The van der Waals surface area contributed by atoms with E-state index in [1.165, 1.54) is 11.9 Å². The van der Waals surface area contributed by atoms with Gasteiger partial charge >= 0.3 is 7.60 Å². The third kappa shape index (κ3) is 7.45. The molecule has 0 aromatic heterocycles. The smallest absolute Gasteiger partial charge is 0.353 e. The van der Waals surface area contributed by atoms with Crippen LogP contribution in [0.15, 0.2) is 11.9 Å². The maximum absolute atomic E-state index is 11.8. The molecule has 0 aliphatic heterocycles. The predicted molar refractivity (Wildman–Crippen MR) is 56.9 cm³/mol. The molecule has 0 amide bonds. The van der Waals surface area contributed by atoms with Crippen LogP contribution < -0.4 is 0 Å². The highest BCUT2D eigenvalue weighted by molar-refractivity contribution is 7.57. The average Bonchev–Trinajstić information content (AvgIpc) is 2.18. The van der Waals surface area contributed by atoms with Gasteiger partial charge in [-0.05, 0) is 13.8 Å². The molecule has 0 aromatic carbocycles. The molecule has 0 aliphatic rings. The number of aldehydes is 1. The van der Waals surface area contributed by atoms with Gasteiger partial charge in [0.2, 0.25) is 0 Å². The molecule has 6 heteroatoms. The molecule has 0 saturated carbocycles. The van der Waals surface area contributed by atoms with E-state index in [2.05, 4.69) is 0 Å². The third-order valence-electron chi connectivity index (χ3n) is 1.31. The summed E-state index contributed by atoms with van der Waals surface area (Å²) in [4.78, 5) is 9.92. The highest BCUT2D eigenvalue weighted by Crippen LogP contribution is 2.49. The number of hydrogen-bond acceptors (Lipinski definition) is 5. The number of ether oxygens (including phenoxy) is 1. The molecule has 15 heavy (non-hydrogen) atoms. The van der Waals surface area contributed by atoms with Gasteiger partial charge in [-0.25, -0.2) is 0 Å². The molecule has 0 fully saturated rings. The fraction of sp³-hybridized carbons (Fsp3) is 0.667. The lowest BCUT2D eigenvalue weighted by molar-refractivity contribution is -0.111. The minimum absolute atomic E-state index is 0.0257. The maximum Gasteiger partial charge on any atom is 0.353 e. The lowest BCUT2D eigenvalue weighted by atomic mass is 10.7. The normalized spacial score (nSPS) is 12.1. The maximum atomic E-state index is 11.8. The molecule has 0 heterocycles. The van der Waals surface area contributed by atoms with E-state index in [0.29, 0.717) is 19.5 Å². The van der Waals surface area contributed by atoms with Crippen LogP contribution in [-0.2, 0) is 23.1 Å². The van der Waals surface area contributed by atoms with Crippen molar-refractivity contribution in [3.05, 3.63) is 11.9 Å². The Hall–Kier alpha value is -0.480. The largest absolute Gasteiger partial charge is 0.370 e. The van der Waals surface area contributed by atoms with Crippen molar-refractivity contribution in [2.75, 3.05) is 26.4 Å². The molecule has 0 rings (SSSR count). The topological polar surface area (TPSA) is 61.8 Å². The van der Waals surface area contributed by atoms with Crippen molar-refractivity contribution >= 4 is 13.9 Å². The molecule has 0 unspecified atom stereocenters. The average molecular weight is 236 g/mol. The summed E-state index contributed by atoms with van der Waals surface area (Å²) in [6.45, 7) is 4.35. The first-order valence-corrected chi connectivity index (χ1v) is 6.37. The van der Waals surface area contributed by atoms with E-state index >= 15 is 0 Å². The minimum atomic E-state index is -3.12. The number of carbonyl (C=O) groups excluding carboxylic acids is 1. The van der Waals surface area contributed by atoms with Crippen LogP contribution >= 0.6 is 7.60 Å². The first-order valence-electron chi connectivity index (χ1n) is 4.76. The quantitative estimate of drug-likeness (QED) is 0.348. The predicted octanol–water partition coefficient (Wildman–Crippen LogP) is 1.98. The lowest BCUT2D eigenvalue weighted by Gasteiger charge is -2.12. The molecule has 0 aromatic rings. The van der Waals surface area contributed by atoms with Gasteiger partial charge in [-0.2, -0.15) is 0 Å². The molecule has 0 bridgehead atoms. The molecule has 88 valence electrons. The molecular weight excluding hydrogens is 219 g/mol. The SMILES string of the molecule is CCOP(=O)(/C=C/COCC=O)OCC. The van der Waals surface area contributed by atoms with Gasteiger partial charge in [-0.3, -0.25) is 4.57 Å². The standard InChI is InChI=1S/C9H17O5P/c1-3-13-15(11,14-4-2)9-5-7-12-8-6-10/h5-6,9H,3-4,7-8H2,1-2H3/b9-5+. The zero-order chi connectivity index (χ0) is 11.6. The van der Waals surface area contributed by atoms with Gasteiger partial charge < -0.3 is 18.6 Å². The van der Waals surface area contributed by atoms with Crippen LogP contribution in [0.5, 0.6) is 0 Å². The van der Waals surface area contributed by atoms with Crippen LogP contribution in [0, 0.1) is 0 Å². The van der Waals surface area contributed by atoms with E-state index in [9.17, 15) is 9.36 Å². The van der Waals surface area contributed by atoms with E-state index in [1.807, 2.05) is 0 Å². The second kappa shape index (κ2) is 8.80. The zero-order valence-electron chi connectivity index (χ0n) is 9.05. The Kier molecular flexibility index (Phi) is 8.52. The van der Waals surface area contributed by atoms with Crippen molar-refractivity contribution in [1.82, 2.24) is 0 Å². The van der Waals surface area contributed by atoms with E-state index in [0.717, 1.165) is 0 Å². The summed E-state index contributed by atoms with van der Waals surface area (Å²) in [5.74, 6) is 1.35. The highest BCUT2D eigenvalue weighted by atomic mass is 31.2. The Morgan fingerprint density at radius 2 is 1.73 bits per heavy atom. The Labute approximate surface area is 89.9 Å². The summed E-state index contributed by atoms with van der Waals surface area (Å²) >= 11 is 0. The lowest BCUT2D eigenvalue weighted by Crippen LogP contribution is -1.96. The van der Waals surface area contributed by atoms with Crippen molar-refractivity contribution in [2.45, 2.75) is 13.8 Å². The molecule has 0 radical (unpaired) electrons. The summed E-state index contributed by atoms with van der Waals surface area (Å²) in [5, 5.41) is 0. The molecule has 0 N–H and O–H groups in total. The third-order valence-corrected chi connectivity index (χ3v) is 3.12. The molecule has 0 spiro atoms. The van der Waals surface area contributed by atoms with Crippen molar-refractivity contribution in [3.8, 4) is 0 Å². The molecular formula is C9H17O5P. The molecule has 0 aliphatic carbocycles. The fourth-order valence-electron chi connectivity index (χ4n) is 0.840. The summed E-state index contributed by atoms with van der Waals surface area (Å²) in [6, 6.07) is 0. The molecule has 0 saturated heterocycles. The van der Waals surface area contributed by atoms with Crippen molar-refractivity contribution < 1.29 is 23.1 Å². The second-order valence-electron chi connectivity index (χ2n) is 2.46. The van der Waals surface area contributed by atoms with Gasteiger partial charge in [0.25, 0.3) is 0 Å². The highest BCUT2D eigenvalue weighted by Gasteiger charge is 2.18. The first kappa shape index (κ1) is 14.5. The van der Waals surface area contributed by atoms with Crippen LogP contribution in [0.1, 0.15) is 13.8 Å². The summed E-state index contributed by atoms with van der Waals surface area (Å²) in [6.07, 6.45) is 2.17. The van der Waals surface area contributed by atoms with Crippen molar-refractivity contribution in [3.63, 3.8) is 0 Å². The van der Waals surface area contributed by atoms with Gasteiger partial charge in [0.05, 0.1) is 19.8 Å². The monoisotopic (exact) mass is 236 g/mol. The van der Waals surface area contributed by atoms with Crippen LogP contribution in [0.2, 0.25) is 0 Å². The van der Waals surface area contributed by atoms with Crippen molar-refractivity contribution in [1.29, 1.82) is 0 Å². The Morgan fingerprint density at radius 1 is 1.13 bits per heavy atom. The van der Waals surface area contributed by atoms with Gasteiger partial charge in [0.1, 0.15) is 12.9 Å². The number of carbonyl (C=O) groups is 1. The van der Waals surface area contributed by atoms with Gasteiger partial charge in [-0.1, -0.05) is 6.08 Å². The van der Waals surface area contributed by atoms with Gasteiger partial charge in [0.15, 0.2) is 0 Å². The van der Waals surface area contributed by atoms with E-state index < -0.39 is 7.60 Å². The summed E-state index contributed by atoms with van der Waals surface area (Å²) < 4.78 is 26.6. The minimum Gasteiger partial charge on any atom is -0.370 e. The van der Waals surface area contributed by atoms with Crippen LogP contribution in [-0.4, -0.2) is 32.7 Å². The Bertz CT molecular complexity index is 229. The number of hydrogen-bond donors (Lipinski definition) is 0. The summed E-state index contributed by atoms with van der Waals surface area (Å²) in [7, 11) is -3.12. The van der Waals surface area contributed by atoms with E-state index in [1.54, 1.807) is 13.8 Å². The van der Waals surface area contributed by atoms with Crippen molar-refractivity contribution in [2.24, 2.45) is 0 Å². The van der Waals surface area contributed by atoms with Gasteiger partial charge in [0, 0.05) is 5.82 Å². The first-order chi connectivity index (χ1) is 7.18. The zero-order valence-corrected chi connectivity index (χ0v) is 9.94. The molecule has 5 nitrogen and oxygen atoms in total.